The Morgan fingerprint density at radius 2 is 1.52 bits per heavy atom. The Balaban J connectivity index is 1.57. The zero-order valence-corrected chi connectivity index (χ0v) is 24.5. The van der Waals surface area contributed by atoms with Crippen molar-refractivity contribution in [2.45, 2.75) is 31.7 Å². The number of aromatic nitrogens is 3. The van der Waals surface area contributed by atoms with E-state index in [0.29, 0.717) is 11.3 Å². The van der Waals surface area contributed by atoms with Crippen LogP contribution in [0.4, 0.5) is 26.3 Å². The van der Waals surface area contributed by atoms with E-state index in [0.717, 1.165) is 30.3 Å². The molecule has 46 heavy (non-hydrogen) atoms. The van der Waals surface area contributed by atoms with E-state index in [1.54, 1.807) is 19.1 Å². The molecule has 0 fully saturated rings. The maximum absolute atomic E-state index is 13.6. The van der Waals surface area contributed by atoms with Gasteiger partial charge in [-0.05, 0) is 73.2 Å². The lowest BCUT2D eigenvalue weighted by molar-refractivity contribution is -0.138. The van der Waals surface area contributed by atoms with Crippen molar-refractivity contribution in [1.29, 1.82) is 0 Å². The molecule has 2 N–H and O–H groups in total. The van der Waals surface area contributed by atoms with E-state index < -0.39 is 41.4 Å². The number of carbonyl (C=O) groups excluding carboxylic acids is 1. The molecule has 1 atom stereocenters. The van der Waals surface area contributed by atoms with Crippen LogP contribution < -0.4 is 5.32 Å². The standard InChI is InChI=1S/C32H23ClF6N4O3/c1-17(18-2-4-19(5-3-18)30(46)40-13-12-29(44)45)43-28(16-27(42-43)23-15-22(32(37,38)39)7-9-24(23)33)26-10-6-20-14-21(31(34,35)36)8-11-25(20)41-26/h2-11,14-17H,12-13H2,1H3,(H,40,46)(H,44,45). The van der Waals surface area contributed by atoms with Gasteiger partial charge in [0.05, 0.1) is 51.2 Å². The molecule has 2 aromatic heterocycles. The average molecular weight is 661 g/mol. The van der Waals surface area contributed by atoms with Gasteiger partial charge in [-0.1, -0.05) is 29.8 Å². The van der Waals surface area contributed by atoms with Crippen LogP contribution in [0.15, 0.2) is 78.9 Å². The number of rotatable bonds is 8. The molecule has 3 aromatic carbocycles. The molecule has 14 heteroatoms. The number of halogens is 7. The van der Waals surface area contributed by atoms with Crippen LogP contribution in [0, 0.1) is 0 Å². The summed E-state index contributed by atoms with van der Waals surface area (Å²) in [5.74, 6) is -1.53. The molecular weight excluding hydrogens is 638 g/mol. The molecule has 1 unspecified atom stereocenters. The number of nitrogens with one attached hydrogen (secondary N) is 1. The highest BCUT2D eigenvalue weighted by molar-refractivity contribution is 6.33. The fourth-order valence-corrected chi connectivity index (χ4v) is 5.01. The normalized spacial score (nSPS) is 12.7. The van der Waals surface area contributed by atoms with Crippen molar-refractivity contribution in [2.75, 3.05) is 6.54 Å². The molecule has 0 spiro atoms. The Hall–Kier alpha value is -4.91. The number of benzene rings is 3. The highest BCUT2D eigenvalue weighted by Crippen LogP contribution is 2.38. The van der Waals surface area contributed by atoms with Gasteiger partial charge in [-0.25, -0.2) is 4.98 Å². The molecular formula is C32H23ClF6N4O3. The number of hydrogen-bond donors (Lipinski definition) is 2. The minimum Gasteiger partial charge on any atom is -0.481 e. The quantitative estimate of drug-likeness (QED) is 0.163. The zero-order chi connectivity index (χ0) is 33.4. The number of hydrogen-bond acceptors (Lipinski definition) is 4. The van der Waals surface area contributed by atoms with Gasteiger partial charge in [0.1, 0.15) is 0 Å². The molecule has 0 aliphatic heterocycles. The van der Waals surface area contributed by atoms with Gasteiger partial charge in [-0.15, -0.1) is 0 Å². The van der Waals surface area contributed by atoms with Crippen molar-refractivity contribution in [1.82, 2.24) is 20.1 Å². The van der Waals surface area contributed by atoms with Gasteiger partial charge in [0.15, 0.2) is 0 Å². The summed E-state index contributed by atoms with van der Waals surface area (Å²) in [5.41, 5.74) is 0.128. The van der Waals surface area contributed by atoms with Crippen LogP contribution in [-0.4, -0.2) is 38.3 Å². The van der Waals surface area contributed by atoms with E-state index in [1.165, 1.54) is 41.1 Å². The van der Waals surface area contributed by atoms with Crippen LogP contribution in [0.2, 0.25) is 5.02 Å². The molecule has 0 bridgehead atoms. The van der Waals surface area contributed by atoms with E-state index in [2.05, 4.69) is 15.4 Å². The third-order valence-corrected chi connectivity index (χ3v) is 7.56. The maximum Gasteiger partial charge on any atom is 0.416 e. The number of carboxylic acids is 1. The summed E-state index contributed by atoms with van der Waals surface area (Å²) in [5, 5.41) is 16.1. The van der Waals surface area contributed by atoms with Crippen LogP contribution in [0.1, 0.15) is 46.4 Å². The zero-order valence-electron chi connectivity index (χ0n) is 23.7. The third-order valence-electron chi connectivity index (χ3n) is 7.23. The fraction of sp³-hybridized carbons (Fsp3) is 0.188. The second-order valence-corrected chi connectivity index (χ2v) is 10.8. The lowest BCUT2D eigenvalue weighted by Crippen LogP contribution is -2.26. The van der Waals surface area contributed by atoms with Gasteiger partial charge in [0.2, 0.25) is 0 Å². The van der Waals surface area contributed by atoms with Crippen LogP contribution >= 0.6 is 11.6 Å². The van der Waals surface area contributed by atoms with Crippen LogP contribution in [0.3, 0.4) is 0 Å². The maximum atomic E-state index is 13.6. The van der Waals surface area contributed by atoms with Gasteiger partial charge in [-0.2, -0.15) is 31.4 Å². The van der Waals surface area contributed by atoms with Crippen molar-refractivity contribution in [3.05, 3.63) is 106 Å². The van der Waals surface area contributed by atoms with Gasteiger partial charge >= 0.3 is 18.3 Å². The van der Waals surface area contributed by atoms with Gasteiger partial charge in [0.25, 0.3) is 5.91 Å². The fourth-order valence-electron chi connectivity index (χ4n) is 4.79. The predicted octanol–water partition coefficient (Wildman–Crippen LogP) is 8.27. The number of carboxylic acid groups (broad SMARTS) is 1. The highest BCUT2D eigenvalue weighted by Gasteiger charge is 2.32. The summed E-state index contributed by atoms with van der Waals surface area (Å²) in [4.78, 5) is 27.7. The minimum atomic E-state index is -4.64. The van der Waals surface area contributed by atoms with E-state index >= 15 is 0 Å². The first-order valence-electron chi connectivity index (χ1n) is 13.7. The van der Waals surface area contributed by atoms with E-state index in [9.17, 15) is 35.9 Å². The summed E-state index contributed by atoms with van der Waals surface area (Å²) in [6.07, 6.45) is -9.43. The SMILES string of the molecule is CC(c1ccc(C(=O)NCCC(=O)O)cc1)n1nc(-c2cc(C(F)(F)F)ccc2Cl)cc1-c1ccc2cc(C(F)(F)F)ccc2n1. The Kier molecular flexibility index (Phi) is 8.81. The van der Waals surface area contributed by atoms with E-state index in [1.807, 2.05) is 0 Å². The van der Waals surface area contributed by atoms with Crippen molar-refractivity contribution in [3.63, 3.8) is 0 Å². The van der Waals surface area contributed by atoms with Gasteiger partial charge in [0, 0.05) is 23.1 Å². The van der Waals surface area contributed by atoms with Gasteiger partial charge < -0.3 is 10.4 Å². The molecule has 238 valence electrons. The average Bonchev–Trinajstić information content (AvgIpc) is 3.44. The first-order chi connectivity index (χ1) is 21.6. The Morgan fingerprint density at radius 1 is 0.870 bits per heavy atom. The smallest absolute Gasteiger partial charge is 0.416 e. The molecule has 0 saturated heterocycles. The molecule has 2 heterocycles. The topological polar surface area (TPSA) is 97.1 Å². The lowest BCUT2D eigenvalue weighted by atomic mass is 10.0. The van der Waals surface area contributed by atoms with E-state index in [4.69, 9.17) is 16.7 Å². The van der Waals surface area contributed by atoms with Crippen molar-refractivity contribution >= 4 is 34.4 Å². The lowest BCUT2D eigenvalue weighted by Gasteiger charge is -2.17. The molecule has 5 rings (SSSR count). The summed E-state index contributed by atoms with van der Waals surface area (Å²) in [6, 6.07) is 16.2. The molecule has 0 radical (unpaired) electrons. The summed E-state index contributed by atoms with van der Waals surface area (Å²) < 4.78 is 81.9. The third kappa shape index (κ3) is 6.99. The number of aliphatic carboxylic acids is 1. The first kappa shape index (κ1) is 32.5. The summed E-state index contributed by atoms with van der Waals surface area (Å²) in [7, 11) is 0. The number of amides is 1. The predicted molar refractivity (Wildman–Crippen MR) is 158 cm³/mol. The summed E-state index contributed by atoms with van der Waals surface area (Å²) >= 11 is 6.32. The molecule has 5 aromatic rings. The van der Waals surface area contributed by atoms with Crippen LogP contribution in [0.5, 0.6) is 0 Å². The number of pyridine rings is 1. The number of alkyl halides is 6. The Morgan fingerprint density at radius 3 is 2.17 bits per heavy atom. The first-order valence-corrected chi connectivity index (χ1v) is 14.0. The van der Waals surface area contributed by atoms with E-state index in [-0.39, 0.29) is 51.4 Å². The monoisotopic (exact) mass is 660 g/mol. The largest absolute Gasteiger partial charge is 0.481 e. The molecule has 0 aliphatic carbocycles. The Labute approximate surface area is 262 Å². The van der Waals surface area contributed by atoms with Crippen molar-refractivity contribution in [2.24, 2.45) is 0 Å². The minimum absolute atomic E-state index is 0.00711. The second-order valence-electron chi connectivity index (χ2n) is 10.4. The van der Waals surface area contributed by atoms with Gasteiger partial charge in [-0.3, -0.25) is 14.3 Å². The van der Waals surface area contributed by atoms with Crippen molar-refractivity contribution < 1.29 is 41.0 Å². The van der Waals surface area contributed by atoms with Crippen LogP contribution in [-0.2, 0) is 17.1 Å². The summed E-state index contributed by atoms with van der Waals surface area (Å²) in [6.45, 7) is 1.70. The molecule has 0 aliphatic rings. The number of nitrogens with zero attached hydrogens (tertiary/aromatic N) is 3. The molecule has 7 nitrogen and oxygen atoms in total. The van der Waals surface area contributed by atoms with Crippen LogP contribution in [0.25, 0.3) is 33.5 Å². The highest BCUT2D eigenvalue weighted by atomic mass is 35.5. The van der Waals surface area contributed by atoms with Crippen molar-refractivity contribution in [3.8, 4) is 22.6 Å². The number of fused-ring (bicyclic) bond motifs is 1. The molecule has 0 saturated carbocycles. The number of carbonyl (C=O) groups is 2. The second kappa shape index (κ2) is 12.5. The Bertz CT molecular complexity index is 1940. The molecule has 1 amide bonds.